The molecule has 1 aliphatic carbocycles. The Bertz CT molecular complexity index is 804. The Labute approximate surface area is 170 Å². The maximum atomic E-state index is 11.6. The normalized spacial score (nSPS) is 21.3. The average molecular weight is 400 g/mol. The van der Waals surface area contributed by atoms with Crippen molar-refractivity contribution >= 4 is 16.8 Å². The maximum absolute atomic E-state index is 11.6. The van der Waals surface area contributed by atoms with Gasteiger partial charge in [0, 0.05) is 31.9 Å². The van der Waals surface area contributed by atoms with E-state index in [2.05, 4.69) is 38.3 Å². The summed E-state index contributed by atoms with van der Waals surface area (Å²) in [6.45, 7) is 5.41. The lowest BCUT2D eigenvalue weighted by molar-refractivity contribution is 0.245. The van der Waals surface area contributed by atoms with Crippen molar-refractivity contribution in [3.63, 3.8) is 0 Å². The number of hydrogen-bond donors (Lipinski definition) is 1. The van der Waals surface area contributed by atoms with E-state index >= 15 is 0 Å². The molecule has 2 N–H and O–H groups in total. The molecule has 0 radical (unpaired) electrons. The lowest BCUT2D eigenvalue weighted by Gasteiger charge is -2.37. The van der Waals surface area contributed by atoms with Crippen molar-refractivity contribution < 1.29 is 8.49 Å². The van der Waals surface area contributed by atoms with E-state index in [0.29, 0.717) is 4.90 Å². The molecule has 1 heterocycles. The highest BCUT2D eigenvalue weighted by Gasteiger charge is 2.22. The second-order valence-corrected chi connectivity index (χ2v) is 8.86. The number of nitrogens with zero attached hydrogens (tertiary/aromatic N) is 2. The van der Waals surface area contributed by atoms with Gasteiger partial charge in [-0.3, -0.25) is 4.90 Å². The molecule has 0 spiro atoms. The van der Waals surface area contributed by atoms with E-state index < -0.39 is 11.1 Å². The van der Waals surface area contributed by atoms with Gasteiger partial charge in [0.25, 0.3) is 0 Å². The molecule has 2 aliphatic rings. The molecule has 0 bridgehead atoms. The van der Waals surface area contributed by atoms with Gasteiger partial charge in [0.1, 0.15) is 0 Å². The minimum absolute atomic E-state index is 0.595. The highest BCUT2D eigenvalue weighted by Crippen LogP contribution is 2.34. The summed E-state index contributed by atoms with van der Waals surface area (Å²) < 4.78 is 16.0. The standard InChI is InChI=1S/C22H29N3O2S/c23-27-28(26)21-10-8-20(9-11-21)25-16-14-24(15-17-25)13-12-19-6-3-5-18-4-1-2-7-22(18)19/h1-2,4,7-11,19H,3,5-6,12-17,23H2. The smallest absolute Gasteiger partial charge is 0.206 e. The SMILES string of the molecule is NOS(=O)c1ccc(N2CCN(CCC3CCCc4ccccc43)CC2)cc1. The van der Waals surface area contributed by atoms with Crippen LogP contribution in [0.25, 0.3) is 0 Å². The molecule has 1 fully saturated rings. The minimum atomic E-state index is -1.58. The summed E-state index contributed by atoms with van der Waals surface area (Å²) in [7, 11) is 0. The molecule has 28 heavy (non-hydrogen) atoms. The Morgan fingerprint density at radius 2 is 1.79 bits per heavy atom. The topological polar surface area (TPSA) is 58.8 Å². The molecule has 0 amide bonds. The molecular weight excluding hydrogens is 370 g/mol. The molecule has 0 aromatic heterocycles. The van der Waals surface area contributed by atoms with Gasteiger partial charge in [0.15, 0.2) is 0 Å². The molecule has 2 aromatic carbocycles. The number of rotatable bonds is 6. The summed E-state index contributed by atoms with van der Waals surface area (Å²) in [5, 5.41) is 0. The van der Waals surface area contributed by atoms with Crippen molar-refractivity contribution in [1.29, 1.82) is 0 Å². The Balaban J connectivity index is 1.28. The van der Waals surface area contributed by atoms with E-state index in [1.807, 2.05) is 24.3 Å². The zero-order chi connectivity index (χ0) is 19.3. The average Bonchev–Trinajstić information content (AvgIpc) is 2.77. The zero-order valence-electron chi connectivity index (χ0n) is 16.3. The number of anilines is 1. The van der Waals surface area contributed by atoms with Crippen molar-refractivity contribution in [2.45, 2.75) is 36.5 Å². The monoisotopic (exact) mass is 399 g/mol. The van der Waals surface area contributed by atoms with E-state index in [9.17, 15) is 4.21 Å². The summed E-state index contributed by atoms with van der Waals surface area (Å²) in [5.41, 5.74) is 4.32. The van der Waals surface area contributed by atoms with Crippen LogP contribution in [0.15, 0.2) is 53.4 Å². The molecule has 4 rings (SSSR count). The van der Waals surface area contributed by atoms with Crippen molar-refractivity contribution in [3.05, 3.63) is 59.7 Å². The molecule has 2 aromatic rings. The first-order chi connectivity index (χ1) is 13.7. The van der Waals surface area contributed by atoms with Gasteiger partial charge < -0.3 is 4.90 Å². The predicted molar refractivity (Wildman–Crippen MR) is 114 cm³/mol. The van der Waals surface area contributed by atoms with Crippen LogP contribution in [-0.4, -0.2) is 41.8 Å². The van der Waals surface area contributed by atoms with Crippen molar-refractivity contribution in [2.24, 2.45) is 5.90 Å². The number of benzene rings is 2. The fourth-order valence-corrected chi connectivity index (χ4v) is 5.02. The summed E-state index contributed by atoms with van der Waals surface area (Å²) in [6, 6.07) is 16.7. The molecular formula is C22H29N3O2S. The second-order valence-electron chi connectivity index (χ2n) is 7.73. The van der Waals surface area contributed by atoms with Crippen LogP contribution in [0.4, 0.5) is 5.69 Å². The Hall–Kier alpha value is -1.73. The molecule has 2 unspecified atom stereocenters. The first kappa shape index (κ1) is 19.6. The Morgan fingerprint density at radius 3 is 2.54 bits per heavy atom. The lowest BCUT2D eigenvalue weighted by Crippen LogP contribution is -2.46. The number of fused-ring (bicyclic) bond motifs is 1. The molecule has 2 atom stereocenters. The van der Waals surface area contributed by atoms with Crippen LogP contribution in [0.1, 0.15) is 36.3 Å². The highest BCUT2D eigenvalue weighted by molar-refractivity contribution is 7.80. The zero-order valence-corrected chi connectivity index (χ0v) is 17.1. The molecule has 150 valence electrons. The van der Waals surface area contributed by atoms with E-state index in [0.717, 1.165) is 32.1 Å². The third kappa shape index (κ3) is 4.46. The summed E-state index contributed by atoms with van der Waals surface area (Å²) in [4.78, 5) is 5.58. The number of nitrogens with two attached hydrogens (primary N) is 1. The Morgan fingerprint density at radius 1 is 1.04 bits per heavy atom. The fraction of sp³-hybridized carbons (Fsp3) is 0.455. The first-order valence-electron chi connectivity index (χ1n) is 10.2. The van der Waals surface area contributed by atoms with Crippen molar-refractivity contribution in [1.82, 2.24) is 4.90 Å². The van der Waals surface area contributed by atoms with Gasteiger partial charge in [0.05, 0.1) is 4.90 Å². The predicted octanol–water partition coefficient (Wildman–Crippen LogP) is 3.23. The van der Waals surface area contributed by atoms with Crippen LogP contribution in [0.5, 0.6) is 0 Å². The lowest BCUT2D eigenvalue weighted by atomic mass is 9.81. The third-order valence-corrected chi connectivity index (χ3v) is 6.97. The van der Waals surface area contributed by atoms with Crippen LogP contribution in [-0.2, 0) is 21.8 Å². The van der Waals surface area contributed by atoms with Crippen LogP contribution in [0, 0.1) is 0 Å². The summed E-state index contributed by atoms with van der Waals surface area (Å²) in [5.74, 6) is 5.72. The van der Waals surface area contributed by atoms with E-state index in [1.54, 1.807) is 11.1 Å². The van der Waals surface area contributed by atoms with Gasteiger partial charge in [0.2, 0.25) is 11.1 Å². The van der Waals surface area contributed by atoms with Gasteiger partial charge >= 0.3 is 0 Å². The largest absolute Gasteiger partial charge is 0.369 e. The van der Waals surface area contributed by atoms with E-state index in [-0.39, 0.29) is 0 Å². The summed E-state index contributed by atoms with van der Waals surface area (Å²) in [6.07, 6.45) is 5.16. The molecule has 5 nitrogen and oxygen atoms in total. The highest BCUT2D eigenvalue weighted by atomic mass is 32.2. The molecule has 6 heteroatoms. The minimum Gasteiger partial charge on any atom is -0.369 e. The van der Waals surface area contributed by atoms with Crippen LogP contribution < -0.4 is 10.8 Å². The van der Waals surface area contributed by atoms with Crippen LogP contribution >= 0.6 is 0 Å². The van der Waals surface area contributed by atoms with Crippen molar-refractivity contribution in [2.75, 3.05) is 37.6 Å². The molecule has 1 aliphatic heterocycles. The summed E-state index contributed by atoms with van der Waals surface area (Å²) >= 11 is -1.58. The second kappa shape index (κ2) is 9.18. The van der Waals surface area contributed by atoms with Gasteiger partial charge in [-0.2, -0.15) is 10.2 Å². The number of aryl methyl sites for hydroxylation is 1. The van der Waals surface area contributed by atoms with Crippen molar-refractivity contribution in [3.8, 4) is 0 Å². The number of piperazine rings is 1. The van der Waals surface area contributed by atoms with E-state index in [1.165, 1.54) is 37.9 Å². The maximum Gasteiger partial charge on any atom is 0.206 e. The van der Waals surface area contributed by atoms with Crippen LogP contribution in [0.2, 0.25) is 0 Å². The van der Waals surface area contributed by atoms with Gasteiger partial charge in [-0.15, -0.1) is 0 Å². The first-order valence-corrected chi connectivity index (χ1v) is 11.3. The van der Waals surface area contributed by atoms with E-state index in [4.69, 9.17) is 5.90 Å². The quantitative estimate of drug-likeness (QED) is 0.756. The Kier molecular flexibility index (Phi) is 6.42. The van der Waals surface area contributed by atoms with Gasteiger partial charge in [-0.25, -0.2) is 4.21 Å². The third-order valence-electron chi connectivity index (χ3n) is 6.14. The number of hydrogen-bond acceptors (Lipinski definition) is 5. The molecule has 0 saturated carbocycles. The van der Waals surface area contributed by atoms with Gasteiger partial charge in [-0.1, -0.05) is 24.3 Å². The molecule has 1 saturated heterocycles. The fourth-order valence-electron chi connectivity index (χ4n) is 4.55. The van der Waals surface area contributed by atoms with Crippen LogP contribution in [0.3, 0.4) is 0 Å². The van der Waals surface area contributed by atoms with Gasteiger partial charge in [-0.05, 0) is 73.5 Å².